The minimum Gasteiger partial charge on any atom is -0.309 e. The van der Waals surface area contributed by atoms with Crippen molar-refractivity contribution in [3.63, 3.8) is 0 Å². The first-order valence-electron chi connectivity index (χ1n) is 4.78. The first kappa shape index (κ1) is 11.3. The van der Waals surface area contributed by atoms with E-state index >= 15 is 0 Å². The molecule has 0 aliphatic heterocycles. The van der Waals surface area contributed by atoms with E-state index in [9.17, 15) is 0 Å². The van der Waals surface area contributed by atoms with Crippen LogP contribution in [0.1, 0.15) is 25.1 Å². The maximum atomic E-state index is 5.94. The van der Waals surface area contributed by atoms with Gasteiger partial charge in [0.15, 0.2) is 0 Å². The Labute approximate surface area is 89.8 Å². The van der Waals surface area contributed by atoms with Gasteiger partial charge in [-0.15, -0.1) is 0 Å². The summed E-state index contributed by atoms with van der Waals surface area (Å²) in [4.78, 5) is 4.30. The summed E-state index contributed by atoms with van der Waals surface area (Å²) in [5, 5.41) is 2.25. The van der Waals surface area contributed by atoms with Crippen LogP contribution in [-0.2, 0) is 6.42 Å². The molecule has 78 valence electrons. The molecule has 0 fully saturated rings. The summed E-state index contributed by atoms with van der Waals surface area (Å²) < 4.78 is 0. The SMILES string of the molecule is CCc1nc(Cl)c(C)cc1N(N)CC. The predicted molar refractivity (Wildman–Crippen MR) is 60.6 cm³/mol. The molecule has 0 aliphatic carbocycles. The van der Waals surface area contributed by atoms with Crippen molar-refractivity contribution in [1.82, 2.24) is 4.98 Å². The number of aryl methyl sites for hydroxylation is 2. The Hall–Kier alpha value is -0.800. The van der Waals surface area contributed by atoms with Crippen molar-refractivity contribution in [3.8, 4) is 0 Å². The Morgan fingerprint density at radius 2 is 2.14 bits per heavy atom. The monoisotopic (exact) mass is 213 g/mol. The van der Waals surface area contributed by atoms with Gasteiger partial charge in [0.2, 0.25) is 0 Å². The highest BCUT2D eigenvalue weighted by atomic mass is 35.5. The van der Waals surface area contributed by atoms with Crippen molar-refractivity contribution < 1.29 is 0 Å². The number of aromatic nitrogens is 1. The first-order valence-corrected chi connectivity index (χ1v) is 5.16. The van der Waals surface area contributed by atoms with Crippen LogP contribution in [0.3, 0.4) is 0 Å². The van der Waals surface area contributed by atoms with Crippen LogP contribution in [0.5, 0.6) is 0 Å². The zero-order chi connectivity index (χ0) is 10.7. The van der Waals surface area contributed by atoms with E-state index in [0.29, 0.717) is 5.15 Å². The average Bonchev–Trinajstić information content (AvgIpc) is 2.20. The van der Waals surface area contributed by atoms with E-state index in [1.165, 1.54) is 0 Å². The minimum absolute atomic E-state index is 0.565. The predicted octanol–water partition coefficient (Wildman–Crippen LogP) is 2.31. The molecule has 1 aromatic rings. The van der Waals surface area contributed by atoms with Gasteiger partial charge in [0.05, 0.1) is 11.4 Å². The van der Waals surface area contributed by atoms with Crippen LogP contribution in [0.25, 0.3) is 0 Å². The molecule has 3 nitrogen and oxygen atoms in total. The number of pyridine rings is 1. The van der Waals surface area contributed by atoms with Gasteiger partial charge < -0.3 is 5.01 Å². The van der Waals surface area contributed by atoms with Gasteiger partial charge in [-0.2, -0.15) is 0 Å². The van der Waals surface area contributed by atoms with Gasteiger partial charge in [-0.1, -0.05) is 18.5 Å². The van der Waals surface area contributed by atoms with Gasteiger partial charge in [0.25, 0.3) is 0 Å². The van der Waals surface area contributed by atoms with Gasteiger partial charge in [-0.3, -0.25) is 0 Å². The Morgan fingerprint density at radius 3 is 2.64 bits per heavy atom. The van der Waals surface area contributed by atoms with Crippen LogP contribution in [0, 0.1) is 6.92 Å². The lowest BCUT2D eigenvalue weighted by atomic mass is 10.2. The molecular weight excluding hydrogens is 198 g/mol. The molecule has 0 unspecified atom stereocenters. The highest BCUT2D eigenvalue weighted by Gasteiger charge is 2.09. The quantitative estimate of drug-likeness (QED) is 0.476. The van der Waals surface area contributed by atoms with Crippen LogP contribution in [0.4, 0.5) is 5.69 Å². The van der Waals surface area contributed by atoms with Crippen LogP contribution >= 0.6 is 11.6 Å². The summed E-state index contributed by atoms with van der Waals surface area (Å²) in [5.41, 5.74) is 2.88. The van der Waals surface area contributed by atoms with Crippen LogP contribution in [0.15, 0.2) is 6.07 Å². The van der Waals surface area contributed by atoms with Gasteiger partial charge in [-0.05, 0) is 31.9 Å². The van der Waals surface area contributed by atoms with Gasteiger partial charge in [0.1, 0.15) is 5.15 Å². The van der Waals surface area contributed by atoms with E-state index in [2.05, 4.69) is 4.98 Å². The molecule has 4 heteroatoms. The summed E-state index contributed by atoms with van der Waals surface area (Å²) in [6.45, 7) is 6.74. The van der Waals surface area contributed by atoms with Crippen molar-refractivity contribution in [2.45, 2.75) is 27.2 Å². The fourth-order valence-electron chi connectivity index (χ4n) is 1.29. The molecule has 0 aromatic carbocycles. The number of hydrogen-bond acceptors (Lipinski definition) is 3. The highest BCUT2D eigenvalue weighted by molar-refractivity contribution is 6.30. The van der Waals surface area contributed by atoms with E-state index in [4.69, 9.17) is 17.4 Å². The van der Waals surface area contributed by atoms with Crippen molar-refractivity contribution in [3.05, 3.63) is 22.5 Å². The summed E-state index contributed by atoms with van der Waals surface area (Å²) in [7, 11) is 0. The Bertz CT molecular complexity index is 325. The number of hydrazine groups is 1. The summed E-state index contributed by atoms with van der Waals surface area (Å²) in [6, 6.07) is 1.98. The third kappa shape index (κ3) is 2.16. The van der Waals surface area contributed by atoms with Crippen LogP contribution in [-0.4, -0.2) is 11.5 Å². The molecule has 0 saturated heterocycles. The number of nitrogens with two attached hydrogens (primary N) is 1. The lowest BCUT2D eigenvalue weighted by Crippen LogP contribution is -2.31. The molecule has 0 atom stereocenters. The molecule has 0 saturated carbocycles. The van der Waals surface area contributed by atoms with Gasteiger partial charge >= 0.3 is 0 Å². The number of anilines is 1. The molecule has 1 heterocycles. The second-order valence-electron chi connectivity index (χ2n) is 3.20. The molecule has 1 aromatic heterocycles. The Morgan fingerprint density at radius 1 is 1.50 bits per heavy atom. The van der Waals surface area contributed by atoms with Crippen LogP contribution in [0.2, 0.25) is 5.15 Å². The highest BCUT2D eigenvalue weighted by Crippen LogP contribution is 2.23. The van der Waals surface area contributed by atoms with E-state index < -0.39 is 0 Å². The average molecular weight is 214 g/mol. The lowest BCUT2D eigenvalue weighted by molar-refractivity contribution is 0.863. The molecule has 0 aliphatic rings. The topological polar surface area (TPSA) is 42.2 Å². The smallest absolute Gasteiger partial charge is 0.132 e. The number of rotatable bonds is 3. The third-order valence-electron chi connectivity index (χ3n) is 2.19. The summed E-state index contributed by atoms with van der Waals surface area (Å²) >= 11 is 5.94. The normalized spacial score (nSPS) is 10.4. The zero-order valence-electron chi connectivity index (χ0n) is 8.84. The molecule has 2 N–H and O–H groups in total. The maximum absolute atomic E-state index is 5.94. The van der Waals surface area contributed by atoms with Gasteiger partial charge in [0, 0.05) is 6.54 Å². The van der Waals surface area contributed by atoms with Crippen LogP contribution < -0.4 is 10.9 Å². The Balaban J connectivity index is 3.19. The third-order valence-corrected chi connectivity index (χ3v) is 2.58. The number of hydrogen-bond donors (Lipinski definition) is 1. The summed E-state index contributed by atoms with van der Waals surface area (Å²) in [5.74, 6) is 5.84. The lowest BCUT2D eigenvalue weighted by Gasteiger charge is -2.19. The second-order valence-corrected chi connectivity index (χ2v) is 3.56. The van der Waals surface area contributed by atoms with E-state index in [-0.39, 0.29) is 0 Å². The molecule has 0 radical (unpaired) electrons. The van der Waals surface area contributed by atoms with Crippen molar-refractivity contribution in [2.75, 3.05) is 11.6 Å². The largest absolute Gasteiger partial charge is 0.309 e. The molecule has 0 spiro atoms. The standard InChI is InChI=1S/C10H16ClN3/c1-4-8-9(14(12)5-2)6-7(3)10(11)13-8/h6H,4-5,12H2,1-3H3. The molecule has 14 heavy (non-hydrogen) atoms. The van der Waals surface area contributed by atoms with E-state index in [0.717, 1.165) is 29.9 Å². The molecule has 0 amide bonds. The fraction of sp³-hybridized carbons (Fsp3) is 0.500. The van der Waals surface area contributed by atoms with E-state index in [1.54, 1.807) is 5.01 Å². The number of nitrogens with zero attached hydrogens (tertiary/aromatic N) is 2. The molecule has 1 rings (SSSR count). The van der Waals surface area contributed by atoms with Gasteiger partial charge in [-0.25, -0.2) is 10.8 Å². The Kier molecular flexibility index (Phi) is 3.72. The number of halogens is 1. The minimum atomic E-state index is 0.565. The van der Waals surface area contributed by atoms with Crippen molar-refractivity contribution >= 4 is 17.3 Å². The summed E-state index contributed by atoms with van der Waals surface area (Å²) in [6.07, 6.45) is 0.836. The molecule has 0 bridgehead atoms. The second kappa shape index (κ2) is 4.62. The molecular formula is C10H16ClN3. The zero-order valence-corrected chi connectivity index (χ0v) is 9.60. The fourth-order valence-corrected chi connectivity index (χ4v) is 1.45. The maximum Gasteiger partial charge on any atom is 0.132 e. The first-order chi connectivity index (χ1) is 6.60. The van der Waals surface area contributed by atoms with Crippen molar-refractivity contribution in [2.24, 2.45) is 5.84 Å². The van der Waals surface area contributed by atoms with Crippen molar-refractivity contribution in [1.29, 1.82) is 0 Å². The van der Waals surface area contributed by atoms with E-state index in [1.807, 2.05) is 26.8 Å².